The molecule has 3 N–H and O–H groups in total. The van der Waals surface area contributed by atoms with Gasteiger partial charge in [0.25, 0.3) is 5.56 Å². The molecule has 8 nitrogen and oxygen atoms in total. The first-order valence-corrected chi connectivity index (χ1v) is 7.75. The van der Waals surface area contributed by atoms with Crippen molar-refractivity contribution < 1.29 is 10.0 Å². The maximum atomic E-state index is 11.9. The molecule has 0 bridgehead atoms. The summed E-state index contributed by atoms with van der Waals surface area (Å²) in [6, 6.07) is 7.06. The summed E-state index contributed by atoms with van der Waals surface area (Å²) in [5.41, 5.74) is 3.57. The van der Waals surface area contributed by atoms with Gasteiger partial charge in [-0.1, -0.05) is 12.1 Å². The molecule has 0 unspecified atom stereocenters. The Kier molecular flexibility index (Phi) is 3.38. The fraction of sp³-hybridized carbons (Fsp3) is 0.176. The van der Waals surface area contributed by atoms with Gasteiger partial charge in [0.15, 0.2) is 5.65 Å². The quantitative estimate of drug-likeness (QED) is 0.624. The molecule has 0 atom stereocenters. The molecule has 8 heteroatoms. The second-order valence-corrected chi connectivity index (χ2v) is 5.94. The Bertz CT molecular complexity index is 1070. The van der Waals surface area contributed by atoms with Gasteiger partial charge >= 0.3 is 0 Å². The molecule has 0 fully saturated rings. The number of aryl methyl sites for hydroxylation is 1. The molecule has 126 valence electrons. The molecule has 1 amide bonds. The first-order valence-electron chi connectivity index (χ1n) is 7.75. The largest absolute Gasteiger partial charge is 0.423 e. The van der Waals surface area contributed by atoms with E-state index in [0.29, 0.717) is 34.5 Å². The van der Waals surface area contributed by atoms with Gasteiger partial charge in [-0.05, 0) is 24.1 Å². The predicted octanol–water partition coefficient (Wildman–Crippen LogP) is 1.44. The van der Waals surface area contributed by atoms with Crippen molar-refractivity contribution in [2.75, 3.05) is 10.6 Å². The fourth-order valence-electron chi connectivity index (χ4n) is 3.03. The van der Waals surface area contributed by atoms with E-state index in [1.165, 1.54) is 12.4 Å². The molecule has 0 aliphatic carbocycles. The lowest BCUT2D eigenvalue weighted by Crippen LogP contribution is -2.20. The highest BCUT2D eigenvalue weighted by Gasteiger charge is 2.17. The summed E-state index contributed by atoms with van der Waals surface area (Å²) in [6.45, 7) is 2.24. The zero-order chi connectivity index (χ0) is 17.6. The number of amides is 1. The minimum atomic E-state index is -0.572. The van der Waals surface area contributed by atoms with E-state index in [-0.39, 0.29) is 11.6 Å². The molecule has 4 rings (SSSR count). The van der Waals surface area contributed by atoms with Crippen molar-refractivity contribution >= 4 is 28.3 Å². The van der Waals surface area contributed by atoms with E-state index in [2.05, 4.69) is 20.6 Å². The highest BCUT2D eigenvalue weighted by molar-refractivity contribution is 5.99. The highest BCUT2D eigenvalue weighted by Crippen LogP contribution is 2.25. The van der Waals surface area contributed by atoms with E-state index in [9.17, 15) is 14.8 Å². The first-order chi connectivity index (χ1) is 12.0. The molecule has 1 aliphatic heterocycles. The van der Waals surface area contributed by atoms with Crippen LogP contribution in [0.2, 0.25) is 0 Å². The van der Waals surface area contributed by atoms with Crippen molar-refractivity contribution in [1.29, 1.82) is 0 Å². The zero-order valence-corrected chi connectivity index (χ0v) is 13.4. The van der Waals surface area contributed by atoms with Crippen LogP contribution in [0.25, 0.3) is 11.0 Å². The monoisotopic (exact) mass is 337 g/mol. The molecule has 1 aromatic carbocycles. The van der Waals surface area contributed by atoms with Crippen LogP contribution < -0.4 is 16.2 Å². The lowest BCUT2D eigenvalue weighted by atomic mass is 10.1. The van der Waals surface area contributed by atoms with Gasteiger partial charge in [-0.25, -0.2) is 9.97 Å². The molecule has 0 spiro atoms. The molecule has 3 heterocycles. The Morgan fingerprint density at radius 2 is 2.12 bits per heavy atom. The average Bonchev–Trinajstić information content (AvgIpc) is 2.96. The number of pyridine rings is 1. The third-order valence-electron chi connectivity index (χ3n) is 4.24. The van der Waals surface area contributed by atoms with Crippen molar-refractivity contribution in [3.63, 3.8) is 0 Å². The molecular weight excluding hydrogens is 322 g/mol. The Morgan fingerprint density at radius 3 is 2.96 bits per heavy atom. The van der Waals surface area contributed by atoms with Crippen molar-refractivity contribution in [3.05, 3.63) is 57.8 Å². The number of aromatic nitrogens is 3. The second kappa shape index (κ2) is 5.59. The SMILES string of the molecule is Cc1ncnc2c1c(NCc1ccc3c(c1)CC(=O)N3)cc(=O)n2O. The predicted molar refractivity (Wildman–Crippen MR) is 91.8 cm³/mol. The van der Waals surface area contributed by atoms with E-state index in [4.69, 9.17) is 0 Å². The van der Waals surface area contributed by atoms with E-state index in [1.807, 2.05) is 18.2 Å². The maximum absolute atomic E-state index is 11.9. The number of rotatable bonds is 3. The number of benzene rings is 1. The molecule has 3 aromatic rings. The van der Waals surface area contributed by atoms with Crippen molar-refractivity contribution in [1.82, 2.24) is 14.7 Å². The topological polar surface area (TPSA) is 109 Å². The maximum Gasteiger partial charge on any atom is 0.286 e. The summed E-state index contributed by atoms with van der Waals surface area (Å²) in [6.07, 6.45) is 1.68. The first kappa shape index (κ1) is 15.1. The summed E-state index contributed by atoms with van der Waals surface area (Å²) in [4.78, 5) is 31.5. The van der Waals surface area contributed by atoms with Crippen LogP contribution in [-0.2, 0) is 17.8 Å². The minimum absolute atomic E-state index is 0.00886. The van der Waals surface area contributed by atoms with Gasteiger partial charge in [-0.3, -0.25) is 9.59 Å². The molecule has 0 saturated carbocycles. The third kappa shape index (κ3) is 2.57. The minimum Gasteiger partial charge on any atom is -0.423 e. The van der Waals surface area contributed by atoms with Gasteiger partial charge in [-0.15, -0.1) is 4.73 Å². The van der Waals surface area contributed by atoms with Crippen LogP contribution in [0.5, 0.6) is 0 Å². The lowest BCUT2D eigenvalue weighted by molar-refractivity contribution is -0.115. The van der Waals surface area contributed by atoms with Gasteiger partial charge in [-0.2, -0.15) is 0 Å². The smallest absolute Gasteiger partial charge is 0.286 e. The van der Waals surface area contributed by atoms with Crippen LogP contribution in [-0.4, -0.2) is 25.8 Å². The number of nitrogens with zero attached hydrogens (tertiary/aromatic N) is 3. The zero-order valence-electron chi connectivity index (χ0n) is 13.4. The number of nitrogens with one attached hydrogen (secondary N) is 2. The van der Waals surface area contributed by atoms with Gasteiger partial charge < -0.3 is 15.8 Å². The Hall–Kier alpha value is -3.42. The van der Waals surface area contributed by atoms with E-state index in [1.54, 1.807) is 6.92 Å². The number of anilines is 2. The molecule has 1 aliphatic rings. The summed E-state index contributed by atoms with van der Waals surface area (Å²) >= 11 is 0. The van der Waals surface area contributed by atoms with Crippen LogP contribution in [0.3, 0.4) is 0 Å². The number of hydrogen-bond donors (Lipinski definition) is 3. The van der Waals surface area contributed by atoms with Gasteiger partial charge in [0.1, 0.15) is 6.33 Å². The van der Waals surface area contributed by atoms with Crippen LogP contribution in [0, 0.1) is 6.92 Å². The van der Waals surface area contributed by atoms with Gasteiger partial charge in [0, 0.05) is 18.3 Å². The van der Waals surface area contributed by atoms with Crippen molar-refractivity contribution in [3.8, 4) is 0 Å². The normalized spacial score (nSPS) is 12.9. The number of hydrogen-bond acceptors (Lipinski definition) is 6. The standard InChI is InChI=1S/C17H15N5O3/c1-9-16-13(6-15(24)22(25)17(16)20-8-19-9)18-7-10-2-3-12-11(4-10)5-14(23)21-12/h2-4,6,8,18,25H,5,7H2,1H3,(H,21,23). The molecule has 25 heavy (non-hydrogen) atoms. The summed E-state index contributed by atoms with van der Waals surface area (Å²) in [5, 5.41) is 16.5. The van der Waals surface area contributed by atoms with Crippen LogP contribution in [0.15, 0.2) is 35.4 Å². The highest BCUT2D eigenvalue weighted by atomic mass is 16.5. The summed E-state index contributed by atoms with van der Waals surface area (Å²) < 4.78 is 0.516. The van der Waals surface area contributed by atoms with Gasteiger partial charge in [0.2, 0.25) is 5.91 Å². The van der Waals surface area contributed by atoms with Crippen molar-refractivity contribution in [2.24, 2.45) is 0 Å². The molecular formula is C17H15N5O3. The number of fused-ring (bicyclic) bond motifs is 2. The van der Waals surface area contributed by atoms with Crippen LogP contribution >= 0.6 is 0 Å². The molecule has 0 saturated heterocycles. The van der Waals surface area contributed by atoms with E-state index in [0.717, 1.165) is 16.8 Å². The Labute approximate surface area is 142 Å². The summed E-state index contributed by atoms with van der Waals surface area (Å²) in [7, 11) is 0. The molecule has 0 radical (unpaired) electrons. The van der Waals surface area contributed by atoms with E-state index < -0.39 is 5.56 Å². The van der Waals surface area contributed by atoms with Crippen LogP contribution in [0.1, 0.15) is 16.8 Å². The average molecular weight is 337 g/mol. The van der Waals surface area contributed by atoms with Crippen molar-refractivity contribution in [2.45, 2.75) is 19.9 Å². The fourth-order valence-corrected chi connectivity index (χ4v) is 3.03. The van der Waals surface area contributed by atoms with Gasteiger partial charge in [0.05, 0.1) is 23.2 Å². The Balaban J connectivity index is 1.68. The number of carbonyl (C=O) groups is 1. The second-order valence-electron chi connectivity index (χ2n) is 5.94. The lowest BCUT2D eigenvalue weighted by Gasteiger charge is -2.12. The molecule has 2 aromatic heterocycles. The third-order valence-corrected chi connectivity index (χ3v) is 4.24. The summed E-state index contributed by atoms with van der Waals surface area (Å²) in [5.74, 6) is -0.00886. The number of carbonyl (C=O) groups excluding carboxylic acids is 1. The Morgan fingerprint density at radius 1 is 1.28 bits per heavy atom. The van der Waals surface area contributed by atoms with E-state index >= 15 is 0 Å². The van der Waals surface area contributed by atoms with Crippen LogP contribution in [0.4, 0.5) is 11.4 Å².